The molecule has 6 rings (SSSR count). The lowest BCUT2D eigenvalue weighted by molar-refractivity contribution is -0.138. The van der Waals surface area contributed by atoms with E-state index in [4.69, 9.17) is 42.0 Å². The second-order valence-corrected chi connectivity index (χ2v) is 13.7. The summed E-state index contributed by atoms with van der Waals surface area (Å²) in [5.74, 6) is 7.63. The number of rotatable bonds is 19. The number of aliphatic carboxylic acids is 2. The van der Waals surface area contributed by atoms with Gasteiger partial charge in [-0.05, 0) is 61.4 Å². The van der Waals surface area contributed by atoms with E-state index < -0.39 is 11.9 Å². The third-order valence-electron chi connectivity index (χ3n) is 9.40. The number of nitrogens with one attached hydrogen (secondary N) is 2. The highest BCUT2D eigenvalue weighted by molar-refractivity contribution is 5.94. The van der Waals surface area contributed by atoms with E-state index in [0.29, 0.717) is 34.6 Å². The molecule has 0 radical (unpaired) electrons. The third-order valence-corrected chi connectivity index (χ3v) is 9.40. The molecule has 0 aliphatic heterocycles. The number of anilines is 4. The van der Waals surface area contributed by atoms with Crippen LogP contribution in [0.2, 0.25) is 0 Å². The molecule has 6 aromatic rings. The van der Waals surface area contributed by atoms with Crippen LogP contribution < -0.4 is 29.6 Å². The Hall–Kier alpha value is -7.58. The zero-order valence-electron chi connectivity index (χ0n) is 35.4. The van der Waals surface area contributed by atoms with E-state index in [2.05, 4.69) is 42.4 Å². The van der Waals surface area contributed by atoms with Crippen LogP contribution >= 0.6 is 0 Å². The molecule has 0 aliphatic rings. The van der Waals surface area contributed by atoms with E-state index in [1.165, 1.54) is 12.7 Å². The summed E-state index contributed by atoms with van der Waals surface area (Å²) in [6.07, 6.45) is 22.4. The van der Waals surface area contributed by atoms with Crippen molar-refractivity contribution in [3.8, 4) is 47.7 Å². The monoisotopic (exact) mass is 840 g/mol. The Morgan fingerprint density at radius 2 is 0.887 bits per heavy atom. The van der Waals surface area contributed by atoms with Crippen molar-refractivity contribution in [2.24, 2.45) is 0 Å². The standard InChI is InChI=1S/2C18H15N3O2.C12H22O4/c2*1-4-12-6-5-7-13(8-12)21-18-14-9-16(22-2)17(23-3)10-15(14)19-11-20-18;13-11(14)9-7-5-3-1-2-4-6-8-10-12(15)16/h2*1,5-11H,2-3H3,(H,19,20,21);1-10H2,(H,13,14)(H,15,16). The van der Waals surface area contributed by atoms with Gasteiger partial charge in [0.15, 0.2) is 23.0 Å². The number of aromatic nitrogens is 4. The van der Waals surface area contributed by atoms with E-state index >= 15 is 0 Å². The summed E-state index contributed by atoms with van der Waals surface area (Å²) in [5.41, 5.74) is 4.83. The SMILES string of the molecule is C#Cc1cccc(Nc2ncnc3cc(OC)c(OC)cc23)c1.C#Cc1cccc(Nc2ncnc3cc(OC)c(OC)cc23)c1.O=C(O)CCCCCCCCCCC(=O)O. The maximum atomic E-state index is 10.2. The zero-order valence-corrected chi connectivity index (χ0v) is 35.4. The van der Waals surface area contributed by atoms with Crippen LogP contribution in [0.4, 0.5) is 23.0 Å². The van der Waals surface area contributed by atoms with Crippen molar-refractivity contribution in [1.29, 1.82) is 0 Å². The molecule has 0 saturated carbocycles. The molecule has 14 heteroatoms. The number of unbranched alkanes of at least 4 members (excludes halogenated alkanes) is 7. The summed E-state index contributed by atoms with van der Waals surface area (Å²) in [7, 11) is 6.37. The second kappa shape index (κ2) is 25.1. The first-order valence-corrected chi connectivity index (χ1v) is 20.0. The van der Waals surface area contributed by atoms with Gasteiger partial charge in [-0.25, -0.2) is 19.9 Å². The molecule has 0 atom stereocenters. The summed E-state index contributed by atoms with van der Waals surface area (Å²) in [5, 5.41) is 25.0. The van der Waals surface area contributed by atoms with Crippen molar-refractivity contribution in [3.05, 3.63) is 96.6 Å². The van der Waals surface area contributed by atoms with E-state index in [1.54, 1.807) is 28.4 Å². The van der Waals surface area contributed by atoms with Crippen LogP contribution in [0.25, 0.3) is 21.8 Å². The molecule has 14 nitrogen and oxygen atoms in total. The summed E-state index contributed by atoms with van der Waals surface area (Å²) >= 11 is 0. The number of hydrogen-bond donors (Lipinski definition) is 4. The van der Waals surface area contributed by atoms with Gasteiger partial charge in [0.1, 0.15) is 24.3 Å². The van der Waals surface area contributed by atoms with Gasteiger partial charge in [0.05, 0.1) is 39.5 Å². The maximum Gasteiger partial charge on any atom is 0.303 e. The maximum absolute atomic E-state index is 10.2. The van der Waals surface area contributed by atoms with Gasteiger partial charge in [-0.15, -0.1) is 12.8 Å². The lowest BCUT2D eigenvalue weighted by atomic mass is 10.1. The Bertz CT molecular complexity index is 2320. The number of carbonyl (C=O) groups is 2. The molecular formula is C48H52N6O8. The van der Waals surface area contributed by atoms with Crippen LogP contribution in [0.15, 0.2) is 85.5 Å². The van der Waals surface area contributed by atoms with Crippen LogP contribution in [0, 0.1) is 24.7 Å². The van der Waals surface area contributed by atoms with Gasteiger partial charge < -0.3 is 39.8 Å². The van der Waals surface area contributed by atoms with Crippen LogP contribution in [-0.4, -0.2) is 70.5 Å². The highest BCUT2D eigenvalue weighted by Crippen LogP contribution is 2.36. The quantitative estimate of drug-likeness (QED) is 0.0446. The molecule has 62 heavy (non-hydrogen) atoms. The number of methoxy groups -OCH3 is 4. The molecular weight excluding hydrogens is 789 g/mol. The van der Waals surface area contributed by atoms with Crippen LogP contribution in [0.3, 0.4) is 0 Å². The van der Waals surface area contributed by atoms with Crippen molar-refractivity contribution < 1.29 is 38.7 Å². The van der Waals surface area contributed by atoms with Gasteiger partial charge >= 0.3 is 11.9 Å². The predicted octanol–water partition coefficient (Wildman–Crippen LogP) is 9.80. The number of carboxylic acid groups (broad SMARTS) is 2. The van der Waals surface area contributed by atoms with E-state index in [0.717, 1.165) is 95.7 Å². The molecule has 0 amide bonds. The fourth-order valence-corrected chi connectivity index (χ4v) is 6.23. The van der Waals surface area contributed by atoms with E-state index in [1.807, 2.05) is 72.8 Å². The predicted molar refractivity (Wildman–Crippen MR) is 242 cm³/mol. The molecule has 0 saturated heterocycles. The number of terminal acetylenes is 2. The minimum absolute atomic E-state index is 0.276. The minimum atomic E-state index is -0.714. The van der Waals surface area contributed by atoms with Gasteiger partial charge in [0, 0.05) is 58.2 Å². The number of hydrogen-bond acceptors (Lipinski definition) is 12. The molecule has 0 bridgehead atoms. The summed E-state index contributed by atoms with van der Waals surface area (Å²) in [6.45, 7) is 0. The summed E-state index contributed by atoms with van der Waals surface area (Å²) < 4.78 is 21.3. The second-order valence-electron chi connectivity index (χ2n) is 13.7. The first kappa shape index (κ1) is 47.1. The molecule has 0 spiro atoms. The molecule has 0 fully saturated rings. The average molecular weight is 841 g/mol. The minimum Gasteiger partial charge on any atom is -0.493 e. The van der Waals surface area contributed by atoms with Crippen LogP contribution in [0.1, 0.15) is 75.3 Å². The Labute approximate surface area is 362 Å². The highest BCUT2D eigenvalue weighted by Gasteiger charge is 2.13. The molecule has 0 aliphatic carbocycles. The van der Waals surface area contributed by atoms with Crippen molar-refractivity contribution in [3.63, 3.8) is 0 Å². The van der Waals surface area contributed by atoms with E-state index in [9.17, 15) is 9.59 Å². The topological polar surface area (TPSA) is 187 Å². The highest BCUT2D eigenvalue weighted by atomic mass is 16.5. The first-order valence-electron chi connectivity index (χ1n) is 20.0. The Balaban J connectivity index is 0.000000209. The van der Waals surface area contributed by atoms with Gasteiger partial charge in [-0.2, -0.15) is 0 Å². The molecule has 0 unspecified atom stereocenters. The fraction of sp³-hybridized carbons (Fsp3) is 0.292. The molecule has 322 valence electrons. The van der Waals surface area contributed by atoms with Gasteiger partial charge in [-0.1, -0.05) is 62.5 Å². The van der Waals surface area contributed by atoms with Gasteiger partial charge in [-0.3, -0.25) is 9.59 Å². The van der Waals surface area contributed by atoms with Crippen molar-refractivity contribution in [1.82, 2.24) is 19.9 Å². The lowest BCUT2D eigenvalue weighted by Gasteiger charge is -2.12. The number of ether oxygens (including phenoxy) is 4. The average Bonchev–Trinajstić information content (AvgIpc) is 3.29. The van der Waals surface area contributed by atoms with E-state index in [-0.39, 0.29) is 12.8 Å². The number of benzene rings is 4. The van der Waals surface area contributed by atoms with Gasteiger partial charge in [0.2, 0.25) is 0 Å². The smallest absolute Gasteiger partial charge is 0.303 e. The lowest BCUT2D eigenvalue weighted by Crippen LogP contribution is -1.98. The van der Waals surface area contributed by atoms with Crippen LogP contribution in [0.5, 0.6) is 23.0 Å². The Kier molecular flexibility index (Phi) is 19.1. The van der Waals surface area contributed by atoms with Crippen molar-refractivity contribution >= 4 is 56.8 Å². The molecule has 2 heterocycles. The Morgan fingerprint density at radius 1 is 0.532 bits per heavy atom. The number of fused-ring (bicyclic) bond motifs is 2. The molecule has 4 aromatic carbocycles. The largest absolute Gasteiger partial charge is 0.493 e. The number of nitrogens with zero attached hydrogens (tertiary/aromatic N) is 4. The van der Waals surface area contributed by atoms with Crippen LogP contribution in [-0.2, 0) is 9.59 Å². The normalized spacial score (nSPS) is 10.2. The molecule has 4 N–H and O–H groups in total. The summed E-state index contributed by atoms with van der Waals surface area (Å²) in [6, 6.07) is 22.5. The molecule has 2 aromatic heterocycles. The third kappa shape index (κ3) is 14.6. The van der Waals surface area contributed by atoms with Gasteiger partial charge in [0.25, 0.3) is 0 Å². The zero-order chi connectivity index (χ0) is 44.7. The fourth-order valence-electron chi connectivity index (χ4n) is 6.23. The number of carboxylic acids is 2. The van der Waals surface area contributed by atoms with Crippen molar-refractivity contribution in [2.75, 3.05) is 39.1 Å². The first-order chi connectivity index (χ1) is 30.1. The van der Waals surface area contributed by atoms with Crippen molar-refractivity contribution in [2.45, 2.75) is 64.2 Å². The summed E-state index contributed by atoms with van der Waals surface area (Å²) in [4.78, 5) is 37.6. The Morgan fingerprint density at radius 3 is 1.23 bits per heavy atom.